The van der Waals surface area contributed by atoms with E-state index in [4.69, 9.17) is 28.9 Å². The Balaban J connectivity index is 1.98. The molecule has 1 fully saturated rings. The maximum atomic E-state index is 6.21. The maximum Gasteiger partial charge on any atom is 0.0595 e. The van der Waals surface area contributed by atoms with Crippen LogP contribution < -0.4 is 5.73 Å². The minimum atomic E-state index is 0.354. The van der Waals surface area contributed by atoms with Crippen molar-refractivity contribution in [2.75, 3.05) is 19.6 Å². The first-order chi connectivity index (χ1) is 11.8. The molecule has 25 heavy (non-hydrogen) atoms. The van der Waals surface area contributed by atoms with Crippen molar-refractivity contribution in [2.45, 2.75) is 59.4 Å². The lowest BCUT2D eigenvalue weighted by atomic mass is 9.81. The third kappa shape index (κ3) is 7.46. The molecule has 0 spiro atoms. The molecule has 1 aliphatic rings. The van der Waals surface area contributed by atoms with E-state index in [0.29, 0.717) is 15.5 Å². The lowest BCUT2D eigenvalue weighted by Crippen LogP contribution is -2.34. The van der Waals surface area contributed by atoms with E-state index in [1.54, 1.807) is 0 Å². The van der Waals surface area contributed by atoms with Gasteiger partial charge in [-0.25, -0.2) is 0 Å². The highest BCUT2D eigenvalue weighted by molar-refractivity contribution is 6.42. The second-order valence-electron chi connectivity index (χ2n) is 8.92. The molecule has 0 saturated heterocycles. The Kier molecular flexibility index (Phi) is 8.07. The van der Waals surface area contributed by atoms with Gasteiger partial charge in [0.25, 0.3) is 0 Å². The SMILES string of the molecule is CC(C)(C)CCN(Cc1ccc(Cl)c(Cl)c1)CC1CCC(CN)CC1. The van der Waals surface area contributed by atoms with Crippen molar-refractivity contribution < 1.29 is 0 Å². The van der Waals surface area contributed by atoms with Crippen LogP contribution in [0.25, 0.3) is 0 Å². The van der Waals surface area contributed by atoms with Crippen molar-refractivity contribution in [3.63, 3.8) is 0 Å². The minimum Gasteiger partial charge on any atom is -0.330 e. The molecule has 0 atom stereocenters. The summed E-state index contributed by atoms with van der Waals surface area (Å²) in [7, 11) is 0. The number of hydrogen-bond acceptors (Lipinski definition) is 2. The van der Waals surface area contributed by atoms with Crippen LogP contribution in [0.1, 0.15) is 58.4 Å². The number of nitrogens with zero attached hydrogens (tertiary/aromatic N) is 1. The van der Waals surface area contributed by atoms with E-state index in [2.05, 4.69) is 31.7 Å². The van der Waals surface area contributed by atoms with Gasteiger partial charge >= 0.3 is 0 Å². The summed E-state index contributed by atoms with van der Waals surface area (Å²) in [4.78, 5) is 2.61. The Morgan fingerprint density at radius 3 is 2.24 bits per heavy atom. The molecule has 142 valence electrons. The Morgan fingerprint density at radius 2 is 1.68 bits per heavy atom. The molecule has 0 aromatic heterocycles. The molecule has 2 rings (SSSR count). The average molecular weight is 385 g/mol. The molecule has 1 aromatic carbocycles. The van der Waals surface area contributed by atoms with Gasteiger partial charge < -0.3 is 5.73 Å². The summed E-state index contributed by atoms with van der Waals surface area (Å²) in [5, 5.41) is 1.28. The summed E-state index contributed by atoms with van der Waals surface area (Å²) in [6.07, 6.45) is 6.42. The van der Waals surface area contributed by atoms with E-state index < -0.39 is 0 Å². The van der Waals surface area contributed by atoms with E-state index >= 15 is 0 Å². The Labute approximate surface area is 164 Å². The monoisotopic (exact) mass is 384 g/mol. The fraction of sp³-hybridized carbons (Fsp3) is 0.714. The predicted octanol–water partition coefficient (Wildman–Crippen LogP) is 6.00. The molecular weight excluding hydrogens is 351 g/mol. The van der Waals surface area contributed by atoms with Crippen LogP contribution >= 0.6 is 23.2 Å². The molecule has 0 amide bonds. The number of rotatable bonds is 7. The van der Waals surface area contributed by atoms with E-state index in [1.165, 1.54) is 44.2 Å². The summed E-state index contributed by atoms with van der Waals surface area (Å²) >= 11 is 12.3. The predicted molar refractivity (Wildman–Crippen MR) is 110 cm³/mol. The van der Waals surface area contributed by atoms with E-state index in [1.807, 2.05) is 12.1 Å². The molecule has 1 saturated carbocycles. The van der Waals surface area contributed by atoms with Crippen molar-refractivity contribution in [3.05, 3.63) is 33.8 Å². The normalized spacial score (nSPS) is 21.7. The third-order valence-corrected chi connectivity index (χ3v) is 6.12. The van der Waals surface area contributed by atoms with Gasteiger partial charge in [0, 0.05) is 13.1 Å². The van der Waals surface area contributed by atoms with Crippen LogP contribution in [0.2, 0.25) is 10.0 Å². The standard InChI is InChI=1S/C21H34Cl2N2/c1-21(2,3)10-11-25(14-17-6-4-16(13-24)5-7-17)15-18-8-9-19(22)20(23)12-18/h8-9,12,16-17H,4-7,10-11,13-15,24H2,1-3H3. The van der Waals surface area contributed by atoms with Gasteiger partial charge in [-0.05, 0) is 80.1 Å². The molecule has 1 aromatic rings. The zero-order valence-electron chi connectivity index (χ0n) is 16.0. The van der Waals surface area contributed by atoms with Crippen molar-refractivity contribution in [3.8, 4) is 0 Å². The van der Waals surface area contributed by atoms with Crippen molar-refractivity contribution in [1.29, 1.82) is 0 Å². The van der Waals surface area contributed by atoms with Gasteiger partial charge in [0.15, 0.2) is 0 Å². The summed E-state index contributed by atoms with van der Waals surface area (Å²) < 4.78 is 0. The largest absolute Gasteiger partial charge is 0.330 e. The number of halogens is 2. The second kappa shape index (κ2) is 9.60. The summed E-state index contributed by atoms with van der Waals surface area (Å²) in [6, 6.07) is 6.02. The topological polar surface area (TPSA) is 29.3 Å². The lowest BCUT2D eigenvalue weighted by molar-refractivity contribution is 0.159. The summed E-state index contributed by atoms with van der Waals surface area (Å²) in [5.74, 6) is 1.54. The molecule has 2 N–H and O–H groups in total. The van der Waals surface area contributed by atoms with Crippen LogP contribution in [-0.2, 0) is 6.54 Å². The molecule has 4 heteroatoms. The van der Waals surface area contributed by atoms with Gasteiger partial charge in [-0.1, -0.05) is 50.0 Å². The first kappa shape index (κ1) is 21.0. The zero-order valence-corrected chi connectivity index (χ0v) is 17.5. The van der Waals surface area contributed by atoms with Gasteiger partial charge in [0.2, 0.25) is 0 Å². The maximum absolute atomic E-state index is 6.21. The quantitative estimate of drug-likeness (QED) is 0.624. The van der Waals surface area contributed by atoms with E-state index in [-0.39, 0.29) is 0 Å². The van der Waals surface area contributed by atoms with E-state index in [0.717, 1.165) is 31.5 Å². The molecule has 0 aliphatic heterocycles. The van der Waals surface area contributed by atoms with Crippen LogP contribution in [0.3, 0.4) is 0 Å². The van der Waals surface area contributed by atoms with E-state index in [9.17, 15) is 0 Å². The van der Waals surface area contributed by atoms with Gasteiger partial charge in [0.05, 0.1) is 10.0 Å². The summed E-state index contributed by atoms with van der Waals surface area (Å²) in [5.41, 5.74) is 7.44. The molecule has 2 nitrogen and oxygen atoms in total. The molecule has 1 aliphatic carbocycles. The van der Waals surface area contributed by atoms with Gasteiger partial charge in [-0.3, -0.25) is 4.90 Å². The number of nitrogens with two attached hydrogens (primary N) is 1. The second-order valence-corrected chi connectivity index (χ2v) is 9.73. The molecule has 0 heterocycles. The summed E-state index contributed by atoms with van der Waals surface area (Å²) in [6.45, 7) is 11.0. The zero-order chi connectivity index (χ0) is 18.4. The highest BCUT2D eigenvalue weighted by Gasteiger charge is 2.23. The molecule has 0 unspecified atom stereocenters. The Morgan fingerprint density at radius 1 is 1.04 bits per heavy atom. The highest BCUT2D eigenvalue weighted by Crippen LogP contribution is 2.30. The molecule has 0 bridgehead atoms. The third-order valence-electron chi connectivity index (χ3n) is 5.38. The molecular formula is C21H34Cl2N2. The first-order valence-electron chi connectivity index (χ1n) is 9.63. The van der Waals surface area contributed by atoms with Crippen LogP contribution in [0, 0.1) is 17.3 Å². The first-order valence-corrected chi connectivity index (χ1v) is 10.4. The smallest absolute Gasteiger partial charge is 0.0595 e. The van der Waals surface area contributed by atoms with Gasteiger partial charge in [-0.15, -0.1) is 0 Å². The van der Waals surface area contributed by atoms with Crippen molar-refractivity contribution in [2.24, 2.45) is 23.0 Å². The van der Waals surface area contributed by atoms with Crippen LogP contribution in [0.4, 0.5) is 0 Å². The Bertz CT molecular complexity index is 531. The van der Waals surface area contributed by atoms with Crippen LogP contribution in [-0.4, -0.2) is 24.5 Å². The fourth-order valence-corrected chi connectivity index (χ4v) is 3.96. The lowest BCUT2D eigenvalue weighted by Gasteiger charge is -2.34. The fourth-order valence-electron chi connectivity index (χ4n) is 3.64. The van der Waals surface area contributed by atoms with Crippen molar-refractivity contribution in [1.82, 2.24) is 4.90 Å². The average Bonchev–Trinajstić information content (AvgIpc) is 2.56. The molecule has 0 radical (unpaired) electrons. The Hall–Kier alpha value is -0.280. The number of benzene rings is 1. The minimum absolute atomic E-state index is 0.354. The highest BCUT2D eigenvalue weighted by atomic mass is 35.5. The van der Waals surface area contributed by atoms with Crippen LogP contribution in [0.5, 0.6) is 0 Å². The van der Waals surface area contributed by atoms with Gasteiger partial charge in [-0.2, -0.15) is 0 Å². The van der Waals surface area contributed by atoms with Gasteiger partial charge in [0.1, 0.15) is 0 Å². The van der Waals surface area contributed by atoms with Crippen LogP contribution in [0.15, 0.2) is 18.2 Å². The number of hydrogen-bond donors (Lipinski definition) is 1. The van der Waals surface area contributed by atoms with Crippen molar-refractivity contribution >= 4 is 23.2 Å².